The van der Waals surface area contributed by atoms with Gasteiger partial charge in [0.1, 0.15) is 0 Å². The molecule has 3 amide bonds. The van der Waals surface area contributed by atoms with Gasteiger partial charge in [-0.2, -0.15) is 0 Å². The SMILES string of the molecule is CC(=O)NCc1ccc(C(=O)Nc2nc(-c3ccc([C@@H](C)NC(C)=O)cc3)cs2)cc1. The van der Waals surface area contributed by atoms with Crippen LogP contribution in [0.4, 0.5) is 5.13 Å². The summed E-state index contributed by atoms with van der Waals surface area (Å²) in [5.41, 5.74) is 4.13. The number of anilines is 1. The van der Waals surface area contributed by atoms with Crippen molar-refractivity contribution in [2.75, 3.05) is 5.32 Å². The standard InChI is InChI=1S/C23H24N4O3S/c1-14(25-16(3)29)18-8-10-19(11-9-18)21-13-31-23(26-21)27-22(30)20-6-4-17(5-7-20)12-24-15(2)28/h4-11,13-14H,12H2,1-3H3,(H,24,28)(H,25,29)(H,26,27,30)/t14-/m1/s1. The highest BCUT2D eigenvalue weighted by molar-refractivity contribution is 7.14. The average molecular weight is 437 g/mol. The van der Waals surface area contributed by atoms with Crippen molar-refractivity contribution in [3.05, 3.63) is 70.6 Å². The van der Waals surface area contributed by atoms with E-state index in [4.69, 9.17) is 0 Å². The third kappa shape index (κ3) is 6.23. The van der Waals surface area contributed by atoms with Gasteiger partial charge >= 0.3 is 0 Å². The monoisotopic (exact) mass is 436 g/mol. The van der Waals surface area contributed by atoms with Crippen LogP contribution in [0, 0.1) is 0 Å². The van der Waals surface area contributed by atoms with Gasteiger partial charge in [-0.05, 0) is 30.2 Å². The van der Waals surface area contributed by atoms with E-state index in [1.165, 1.54) is 25.2 Å². The summed E-state index contributed by atoms with van der Waals surface area (Å²) in [6, 6.07) is 14.8. The first-order chi connectivity index (χ1) is 14.8. The topological polar surface area (TPSA) is 100 Å². The van der Waals surface area contributed by atoms with Crippen molar-refractivity contribution < 1.29 is 14.4 Å². The molecule has 0 saturated carbocycles. The molecular weight excluding hydrogens is 412 g/mol. The van der Waals surface area contributed by atoms with Crippen LogP contribution in [-0.2, 0) is 16.1 Å². The number of amides is 3. The Kier molecular flexibility index (Phi) is 7.15. The van der Waals surface area contributed by atoms with Crippen LogP contribution in [0.1, 0.15) is 48.3 Å². The number of benzene rings is 2. The second-order valence-corrected chi connectivity index (χ2v) is 8.00. The molecule has 0 bridgehead atoms. The maximum Gasteiger partial charge on any atom is 0.257 e. The minimum Gasteiger partial charge on any atom is -0.352 e. The maximum absolute atomic E-state index is 12.5. The van der Waals surface area contributed by atoms with Crippen molar-refractivity contribution in [2.45, 2.75) is 33.4 Å². The van der Waals surface area contributed by atoms with E-state index in [1.54, 1.807) is 12.1 Å². The Morgan fingerprint density at radius 3 is 2.26 bits per heavy atom. The van der Waals surface area contributed by atoms with Gasteiger partial charge in [-0.25, -0.2) is 4.98 Å². The minimum atomic E-state index is -0.244. The molecule has 0 aliphatic heterocycles. The molecule has 1 heterocycles. The molecule has 0 radical (unpaired) electrons. The summed E-state index contributed by atoms with van der Waals surface area (Å²) < 4.78 is 0. The average Bonchev–Trinajstić information content (AvgIpc) is 3.20. The van der Waals surface area contributed by atoms with Crippen molar-refractivity contribution in [3.8, 4) is 11.3 Å². The lowest BCUT2D eigenvalue weighted by molar-refractivity contribution is -0.120. The number of hydrogen-bond donors (Lipinski definition) is 3. The third-order valence-corrected chi connectivity index (χ3v) is 5.37. The summed E-state index contributed by atoms with van der Waals surface area (Å²) in [5, 5.41) is 10.8. The summed E-state index contributed by atoms with van der Waals surface area (Å²) >= 11 is 1.35. The van der Waals surface area contributed by atoms with E-state index in [1.807, 2.05) is 48.7 Å². The van der Waals surface area contributed by atoms with E-state index >= 15 is 0 Å². The number of thiazole rings is 1. The number of nitrogens with one attached hydrogen (secondary N) is 3. The van der Waals surface area contributed by atoms with Crippen LogP contribution >= 0.6 is 11.3 Å². The lowest BCUT2D eigenvalue weighted by Crippen LogP contribution is -2.23. The molecule has 0 aliphatic rings. The molecule has 0 fully saturated rings. The van der Waals surface area contributed by atoms with Crippen LogP contribution in [-0.4, -0.2) is 22.7 Å². The van der Waals surface area contributed by atoms with Gasteiger partial charge in [-0.15, -0.1) is 11.3 Å². The summed E-state index contributed by atoms with van der Waals surface area (Å²) in [6.07, 6.45) is 0. The molecule has 1 aromatic heterocycles. The van der Waals surface area contributed by atoms with Crippen molar-refractivity contribution in [1.29, 1.82) is 0 Å². The van der Waals surface area contributed by atoms with Crippen molar-refractivity contribution >= 4 is 34.2 Å². The Bertz CT molecular complexity index is 1070. The molecule has 7 nitrogen and oxygen atoms in total. The van der Waals surface area contributed by atoms with Crippen LogP contribution in [0.15, 0.2) is 53.9 Å². The Morgan fingerprint density at radius 2 is 1.65 bits per heavy atom. The number of carbonyl (C=O) groups is 3. The van der Waals surface area contributed by atoms with Crippen molar-refractivity contribution in [1.82, 2.24) is 15.6 Å². The van der Waals surface area contributed by atoms with Crippen LogP contribution in [0.5, 0.6) is 0 Å². The van der Waals surface area contributed by atoms with Gasteiger partial charge in [-0.3, -0.25) is 19.7 Å². The van der Waals surface area contributed by atoms with Gasteiger partial charge in [-0.1, -0.05) is 36.4 Å². The molecule has 2 aromatic carbocycles. The normalized spacial score (nSPS) is 11.5. The second kappa shape index (κ2) is 9.99. The first-order valence-corrected chi connectivity index (χ1v) is 10.7. The third-order valence-electron chi connectivity index (χ3n) is 4.61. The van der Waals surface area contributed by atoms with E-state index < -0.39 is 0 Å². The molecule has 3 aromatic rings. The lowest BCUT2D eigenvalue weighted by Gasteiger charge is -2.13. The van der Waals surface area contributed by atoms with E-state index in [9.17, 15) is 14.4 Å². The molecule has 0 spiro atoms. The number of aromatic nitrogens is 1. The summed E-state index contributed by atoms with van der Waals surface area (Å²) in [7, 11) is 0. The fourth-order valence-electron chi connectivity index (χ4n) is 2.96. The molecule has 0 aliphatic carbocycles. The number of rotatable bonds is 7. The van der Waals surface area contributed by atoms with Gasteiger partial charge in [0.2, 0.25) is 11.8 Å². The quantitative estimate of drug-likeness (QED) is 0.523. The Balaban J connectivity index is 1.62. The zero-order chi connectivity index (χ0) is 22.4. The van der Waals surface area contributed by atoms with Crippen LogP contribution in [0.2, 0.25) is 0 Å². The van der Waals surface area contributed by atoms with Crippen LogP contribution in [0.3, 0.4) is 0 Å². The molecule has 160 valence electrons. The fourth-order valence-corrected chi connectivity index (χ4v) is 3.68. The van der Waals surface area contributed by atoms with Crippen molar-refractivity contribution in [3.63, 3.8) is 0 Å². The van der Waals surface area contributed by atoms with E-state index in [2.05, 4.69) is 20.9 Å². The van der Waals surface area contributed by atoms with Gasteiger partial charge in [0.15, 0.2) is 5.13 Å². The minimum absolute atomic E-state index is 0.0681. The Labute approximate surface area is 184 Å². The molecule has 8 heteroatoms. The molecule has 1 atom stereocenters. The highest BCUT2D eigenvalue weighted by Gasteiger charge is 2.11. The molecule has 0 saturated heterocycles. The van der Waals surface area contributed by atoms with Gasteiger partial charge in [0.25, 0.3) is 5.91 Å². The molecular formula is C23H24N4O3S. The summed E-state index contributed by atoms with van der Waals surface area (Å²) in [5.74, 6) is -0.413. The predicted molar refractivity (Wildman–Crippen MR) is 122 cm³/mol. The highest BCUT2D eigenvalue weighted by Crippen LogP contribution is 2.26. The zero-order valence-electron chi connectivity index (χ0n) is 17.6. The number of nitrogens with zero attached hydrogens (tertiary/aromatic N) is 1. The van der Waals surface area contributed by atoms with Crippen LogP contribution < -0.4 is 16.0 Å². The van der Waals surface area contributed by atoms with E-state index in [0.717, 1.165) is 22.4 Å². The fraction of sp³-hybridized carbons (Fsp3) is 0.217. The maximum atomic E-state index is 12.5. The lowest BCUT2D eigenvalue weighted by atomic mass is 10.1. The second-order valence-electron chi connectivity index (χ2n) is 7.14. The first kappa shape index (κ1) is 22.2. The summed E-state index contributed by atoms with van der Waals surface area (Å²) in [4.78, 5) is 39.2. The van der Waals surface area contributed by atoms with Gasteiger partial charge < -0.3 is 10.6 Å². The molecule has 3 N–H and O–H groups in total. The molecule has 31 heavy (non-hydrogen) atoms. The number of hydrogen-bond acceptors (Lipinski definition) is 5. The Morgan fingerprint density at radius 1 is 0.968 bits per heavy atom. The summed E-state index contributed by atoms with van der Waals surface area (Å²) in [6.45, 7) is 5.32. The van der Waals surface area contributed by atoms with Gasteiger partial charge in [0.05, 0.1) is 11.7 Å². The molecule has 3 rings (SSSR count). The predicted octanol–water partition coefficient (Wildman–Crippen LogP) is 3.90. The zero-order valence-corrected chi connectivity index (χ0v) is 18.4. The van der Waals surface area contributed by atoms with Crippen LogP contribution in [0.25, 0.3) is 11.3 Å². The van der Waals surface area contributed by atoms with E-state index in [-0.39, 0.29) is 23.8 Å². The van der Waals surface area contributed by atoms with Crippen molar-refractivity contribution in [2.24, 2.45) is 0 Å². The smallest absolute Gasteiger partial charge is 0.257 e. The largest absolute Gasteiger partial charge is 0.352 e. The highest BCUT2D eigenvalue weighted by atomic mass is 32.1. The molecule has 0 unspecified atom stereocenters. The number of carbonyl (C=O) groups excluding carboxylic acids is 3. The van der Waals surface area contributed by atoms with E-state index in [0.29, 0.717) is 17.2 Å². The van der Waals surface area contributed by atoms with Gasteiger partial charge in [0, 0.05) is 36.9 Å². The first-order valence-electron chi connectivity index (χ1n) is 9.79. The Hall–Kier alpha value is -3.52.